The molecule has 0 aliphatic heterocycles. The molecule has 1 heterocycles. The van der Waals surface area contributed by atoms with Crippen LogP contribution in [0, 0.1) is 0 Å². The summed E-state index contributed by atoms with van der Waals surface area (Å²) in [5, 5.41) is 8.38. The maximum atomic E-state index is 11.8. The third-order valence-corrected chi connectivity index (χ3v) is 3.90. The fraction of sp³-hybridized carbons (Fsp3) is 0.533. The first-order valence-corrected chi connectivity index (χ1v) is 7.77. The fourth-order valence-electron chi connectivity index (χ4n) is 1.58. The molecule has 0 bridgehead atoms. The molecule has 2 amide bonds. The van der Waals surface area contributed by atoms with Crippen molar-refractivity contribution in [3.63, 3.8) is 0 Å². The van der Waals surface area contributed by atoms with E-state index in [1.165, 1.54) is 6.08 Å². The Morgan fingerprint density at radius 1 is 1.48 bits per heavy atom. The SMILES string of the molecule is C=CC(=O)NCCC(=O)NC(C)c1nc(C(C)(C)C)cs1. The predicted octanol–water partition coefficient (Wildman–Crippen LogP) is 2.31. The van der Waals surface area contributed by atoms with Crippen molar-refractivity contribution in [2.45, 2.75) is 45.6 Å². The molecule has 1 unspecified atom stereocenters. The van der Waals surface area contributed by atoms with Crippen molar-refractivity contribution in [1.82, 2.24) is 15.6 Å². The van der Waals surface area contributed by atoms with Gasteiger partial charge in [-0.1, -0.05) is 27.4 Å². The van der Waals surface area contributed by atoms with E-state index in [9.17, 15) is 9.59 Å². The van der Waals surface area contributed by atoms with Crippen molar-refractivity contribution in [2.24, 2.45) is 0 Å². The van der Waals surface area contributed by atoms with Crippen molar-refractivity contribution < 1.29 is 9.59 Å². The summed E-state index contributed by atoms with van der Waals surface area (Å²) in [5.41, 5.74) is 1.04. The summed E-state index contributed by atoms with van der Waals surface area (Å²) in [4.78, 5) is 27.3. The van der Waals surface area contributed by atoms with Gasteiger partial charge in [-0.25, -0.2) is 4.98 Å². The predicted molar refractivity (Wildman–Crippen MR) is 85.2 cm³/mol. The van der Waals surface area contributed by atoms with Crippen LogP contribution in [0.25, 0.3) is 0 Å². The van der Waals surface area contributed by atoms with Crippen LogP contribution in [0.15, 0.2) is 18.0 Å². The number of rotatable bonds is 6. The molecule has 0 spiro atoms. The van der Waals surface area contributed by atoms with Gasteiger partial charge in [0.05, 0.1) is 11.7 Å². The molecule has 1 rings (SSSR count). The van der Waals surface area contributed by atoms with Crippen molar-refractivity contribution in [3.05, 3.63) is 28.7 Å². The lowest BCUT2D eigenvalue weighted by molar-refractivity contribution is -0.121. The Bertz CT molecular complexity index is 517. The Kier molecular flexibility index (Phi) is 6.08. The fourth-order valence-corrected chi connectivity index (χ4v) is 2.63. The van der Waals surface area contributed by atoms with E-state index in [0.717, 1.165) is 10.7 Å². The Hall–Kier alpha value is -1.69. The minimum Gasteiger partial charge on any atom is -0.352 e. The molecule has 1 aromatic rings. The van der Waals surface area contributed by atoms with Gasteiger partial charge >= 0.3 is 0 Å². The van der Waals surface area contributed by atoms with Gasteiger partial charge in [0.25, 0.3) is 0 Å². The van der Waals surface area contributed by atoms with Crippen molar-refractivity contribution in [1.29, 1.82) is 0 Å². The average Bonchev–Trinajstić information content (AvgIpc) is 2.87. The van der Waals surface area contributed by atoms with Gasteiger partial charge in [0.1, 0.15) is 5.01 Å². The number of hydrogen-bond acceptors (Lipinski definition) is 4. The van der Waals surface area contributed by atoms with Crippen LogP contribution in [0.3, 0.4) is 0 Å². The Labute approximate surface area is 129 Å². The number of hydrogen-bond donors (Lipinski definition) is 2. The zero-order valence-corrected chi connectivity index (χ0v) is 13.8. The van der Waals surface area contributed by atoms with Crippen LogP contribution in [0.2, 0.25) is 0 Å². The van der Waals surface area contributed by atoms with Gasteiger partial charge in [0.15, 0.2) is 0 Å². The van der Waals surface area contributed by atoms with Gasteiger partial charge in [0, 0.05) is 23.8 Å². The number of thiazole rings is 1. The number of aromatic nitrogens is 1. The number of carbonyl (C=O) groups is 2. The summed E-state index contributed by atoms with van der Waals surface area (Å²) < 4.78 is 0. The summed E-state index contributed by atoms with van der Waals surface area (Å²) in [6.45, 7) is 11.9. The van der Waals surface area contributed by atoms with E-state index < -0.39 is 0 Å². The third kappa shape index (κ3) is 5.67. The summed E-state index contributed by atoms with van der Waals surface area (Å²) in [6, 6.07) is -0.131. The van der Waals surface area contributed by atoms with Crippen molar-refractivity contribution in [2.75, 3.05) is 6.54 Å². The molecule has 5 nitrogen and oxygen atoms in total. The molecule has 116 valence electrons. The second-order valence-corrected chi connectivity index (χ2v) is 6.75. The lowest BCUT2D eigenvalue weighted by Crippen LogP contribution is -2.31. The maximum Gasteiger partial charge on any atom is 0.243 e. The van der Waals surface area contributed by atoms with E-state index in [1.54, 1.807) is 11.3 Å². The van der Waals surface area contributed by atoms with Crippen LogP contribution in [0.4, 0.5) is 0 Å². The maximum absolute atomic E-state index is 11.8. The first-order valence-electron chi connectivity index (χ1n) is 6.89. The van der Waals surface area contributed by atoms with Crippen LogP contribution < -0.4 is 10.6 Å². The number of nitrogens with zero attached hydrogens (tertiary/aromatic N) is 1. The largest absolute Gasteiger partial charge is 0.352 e. The third-order valence-electron chi connectivity index (χ3n) is 2.87. The molecule has 0 radical (unpaired) electrons. The standard InChI is InChI=1S/C15H23N3O2S/c1-6-12(19)16-8-7-13(20)17-10(2)14-18-11(9-21-14)15(3,4)5/h6,9-10H,1,7-8H2,2-5H3,(H,16,19)(H,17,20). The molecule has 6 heteroatoms. The number of amides is 2. The zero-order chi connectivity index (χ0) is 16.0. The quantitative estimate of drug-likeness (QED) is 0.792. The van der Waals surface area contributed by atoms with Crippen LogP contribution in [0.1, 0.15) is 50.9 Å². The number of nitrogens with one attached hydrogen (secondary N) is 2. The molecule has 2 N–H and O–H groups in total. The highest BCUT2D eigenvalue weighted by molar-refractivity contribution is 7.09. The lowest BCUT2D eigenvalue weighted by atomic mass is 9.93. The lowest BCUT2D eigenvalue weighted by Gasteiger charge is -2.15. The van der Waals surface area contributed by atoms with E-state index in [0.29, 0.717) is 6.54 Å². The molecule has 0 aliphatic carbocycles. The molecule has 1 aromatic heterocycles. The van der Waals surface area contributed by atoms with E-state index in [4.69, 9.17) is 0 Å². The molecular formula is C15H23N3O2S. The minimum atomic E-state index is -0.273. The van der Waals surface area contributed by atoms with Gasteiger partial charge < -0.3 is 10.6 Å². The van der Waals surface area contributed by atoms with Crippen molar-refractivity contribution >= 4 is 23.2 Å². The molecule has 0 saturated carbocycles. The normalized spacial score (nSPS) is 12.6. The van der Waals surface area contributed by atoms with Gasteiger partial charge in [-0.05, 0) is 13.0 Å². The monoisotopic (exact) mass is 309 g/mol. The van der Waals surface area contributed by atoms with E-state index in [-0.39, 0.29) is 29.7 Å². The first kappa shape index (κ1) is 17.4. The highest BCUT2D eigenvalue weighted by Gasteiger charge is 2.20. The Balaban J connectivity index is 2.47. The van der Waals surface area contributed by atoms with Gasteiger partial charge in [-0.2, -0.15) is 0 Å². The van der Waals surface area contributed by atoms with Crippen LogP contribution in [-0.2, 0) is 15.0 Å². The van der Waals surface area contributed by atoms with Crippen LogP contribution in [-0.4, -0.2) is 23.3 Å². The van der Waals surface area contributed by atoms with E-state index >= 15 is 0 Å². The highest BCUT2D eigenvalue weighted by atomic mass is 32.1. The summed E-state index contributed by atoms with van der Waals surface area (Å²) >= 11 is 1.55. The minimum absolute atomic E-state index is 0.00739. The van der Waals surface area contributed by atoms with Crippen LogP contribution in [0.5, 0.6) is 0 Å². The van der Waals surface area contributed by atoms with E-state index in [1.807, 2.05) is 12.3 Å². The van der Waals surface area contributed by atoms with Crippen molar-refractivity contribution in [3.8, 4) is 0 Å². The highest BCUT2D eigenvalue weighted by Crippen LogP contribution is 2.26. The molecule has 1 atom stereocenters. The Morgan fingerprint density at radius 3 is 2.67 bits per heavy atom. The average molecular weight is 309 g/mol. The topological polar surface area (TPSA) is 71.1 Å². The smallest absolute Gasteiger partial charge is 0.243 e. The molecular weight excluding hydrogens is 286 g/mol. The summed E-state index contributed by atoms with van der Waals surface area (Å²) in [6.07, 6.45) is 1.42. The summed E-state index contributed by atoms with van der Waals surface area (Å²) in [7, 11) is 0. The first-order chi connectivity index (χ1) is 9.74. The number of carbonyl (C=O) groups excluding carboxylic acids is 2. The van der Waals surface area contributed by atoms with E-state index in [2.05, 4.69) is 43.0 Å². The van der Waals surface area contributed by atoms with Crippen LogP contribution >= 0.6 is 11.3 Å². The molecule has 0 saturated heterocycles. The van der Waals surface area contributed by atoms with Gasteiger partial charge in [-0.3, -0.25) is 9.59 Å². The van der Waals surface area contributed by atoms with Gasteiger partial charge in [-0.15, -0.1) is 11.3 Å². The second-order valence-electron chi connectivity index (χ2n) is 5.86. The van der Waals surface area contributed by atoms with Gasteiger partial charge in [0.2, 0.25) is 11.8 Å². The second kappa shape index (κ2) is 7.36. The Morgan fingerprint density at radius 2 is 2.14 bits per heavy atom. The molecule has 0 aliphatic rings. The molecule has 0 fully saturated rings. The zero-order valence-electron chi connectivity index (χ0n) is 13.0. The summed E-state index contributed by atoms with van der Waals surface area (Å²) in [5.74, 6) is -0.384. The molecule has 21 heavy (non-hydrogen) atoms. The molecule has 0 aromatic carbocycles.